The van der Waals surface area contributed by atoms with Crippen molar-refractivity contribution in [3.05, 3.63) is 29.8 Å². The van der Waals surface area contributed by atoms with E-state index >= 15 is 0 Å². The molecule has 0 bridgehead atoms. The number of nitrogens with zero attached hydrogens (tertiary/aromatic N) is 1. The van der Waals surface area contributed by atoms with Gasteiger partial charge >= 0.3 is 6.03 Å². The van der Waals surface area contributed by atoms with Gasteiger partial charge in [-0.25, -0.2) is 13.6 Å². The lowest BCUT2D eigenvalue weighted by Gasteiger charge is -2.19. The zero-order valence-corrected chi connectivity index (χ0v) is 12.4. The van der Waals surface area contributed by atoms with Crippen molar-refractivity contribution in [1.29, 1.82) is 0 Å². The molecule has 0 unspecified atom stereocenters. The third-order valence-corrected chi connectivity index (χ3v) is 4.21. The van der Waals surface area contributed by atoms with E-state index in [1.807, 2.05) is 4.90 Å². The molecule has 3 N–H and O–H groups in total. The molecule has 2 aliphatic rings. The molecule has 3 amide bonds. The second kappa shape index (κ2) is 6.39. The van der Waals surface area contributed by atoms with E-state index in [1.54, 1.807) is 6.07 Å². The maximum Gasteiger partial charge on any atom is 0.315 e. The summed E-state index contributed by atoms with van der Waals surface area (Å²) in [5.41, 5.74) is 0.644. The Labute approximate surface area is 132 Å². The maximum absolute atomic E-state index is 13.3. The summed E-state index contributed by atoms with van der Waals surface area (Å²) < 4.78 is 26.3. The van der Waals surface area contributed by atoms with Crippen LogP contribution in [0.25, 0.3) is 0 Å². The molecular formula is C15H18F2N4O2. The van der Waals surface area contributed by atoms with Crippen LogP contribution >= 0.6 is 0 Å². The van der Waals surface area contributed by atoms with Crippen LogP contribution in [0.5, 0.6) is 0 Å². The van der Waals surface area contributed by atoms with Crippen LogP contribution in [0.1, 0.15) is 6.42 Å². The second-order valence-electron chi connectivity index (χ2n) is 5.85. The summed E-state index contributed by atoms with van der Waals surface area (Å²) in [4.78, 5) is 24.9. The van der Waals surface area contributed by atoms with Crippen LogP contribution in [0.4, 0.5) is 19.3 Å². The molecule has 3 rings (SSSR count). The molecule has 2 atom stereocenters. The Bertz CT molecular complexity index is 625. The van der Waals surface area contributed by atoms with Crippen molar-refractivity contribution in [3.8, 4) is 0 Å². The molecule has 0 aromatic heterocycles. The smallest absolute Gasteiger partial charge is 0.315 e. The van der Waals surface area contributed by atoms with Crippen LogP contribution in [0.3, 0.4) is 0 Å². The number of amides is 3. The number of benzene rings is 1. The Balaban J connectivity index is 1.49. The van der Waals surface area contributed by atoms with Gasteiger partial charge in [0.25, 0.3) is 0 Å². The lowest BCUT2D eigenvalue weighted by Crippen LogP contribution is -2.44. The van der Waals surface area contributed by atoms with Gasteiger partial charge in [0.2, 0.25) is 5.91 Å². The standard InChI is InChI=1S/C15H18F2N4O2/c16-11-2-1-10(5-12(11)17)21-4-3-9(8-21)6-18-14(22)13-7-19-15(23)20-13/h1-2,5,9,13H,3-4,6-8H2,(H,18,22)(H2,19,20,23)/t9-,13-/m1/s1. The normalized spacial score (nSPS) is 23.6. The lowest BCUT2D eigenvalue weighted by atomic mass is 10.1. The summed E-state index contributed by atoms with van der Waals surface area (Å²) in [6, 6.07) is 2.99. The van der Waals surface area contributed by atoms with Crippen LogP contribution in [0.2, 0.25) is 0 Å². The summed E-state index contributed by atoms with van der Waals surface area (Å²) in [5, 5.41) is 7.88. The summed E-state index contributed by atoms with van der Waals surface area (Å²) in [5.74, 6) is -1.69. The molecule has 124 valence electrons. The molecule has 0 radical (unpaired) electrons. The third-order valence-electron chi connectivity index (χ3n) is 4.21. The first-order valence-corrected chi connectivity index (χ1v) is 7.55. The van der Waals surface area contributed by atoms with Gasteiger partial charge in [-0.1, -0.05) is 0 Å². The highest BCUT2D eigenvalue weighted by Gasteiger charge is 2.28. The van der Waals surface area contributed by atoms with Crippen LogP contribution in [0.15, 0.2) is 18.2 Å². The molecule has 2 saturated heterocycles. The van der Waals surface area contributed by atoms with Crippen LogP contribution < -0.4 is 20.9 Å². The molecule has 8 heteroatoms. The van der Waals surface area contributed by atoms with Crippen molar-refractivity contribution >= 4 is 17.6 Å². The van der Waals surface area contributed by atoms with Crippen molar-refractivity contribution in [3.63, 3.8) is 0 Å². The van der Waals surface area contributed by atoms with E-state index in [4.69, 9.17) is 0 Å². The molecule has 0 spiro atoms. The van der Waals surface area contributed by atoms with Gasteiger partial charge in [-0.15, -0.1) is 0 Å². The fourth-order valence-corrected chi connectivity index (χ4v) is 2.90. The minimum atomic E-state index is -0.858. The summed E-state index contributed by atoms with van der Waals surface area (Å²) in [6.07, 6.45) is 0.856. The number of urea groups is 1. The van der Waals surface area contributed by atoms with Crippen molar-refractivity contribution in [2.75, 3.05) is 31.1 Å². The largest absolute Gasteiger partial charge is 0.371 e. The van der Waals surface area contributed by atoms with E-state index in [-0.39, 0.29) is 24.4 Å². The molecule has 6 nitrogen and oxygen atoms in total. The molecule has 2 aliphatic heterocycles. The first-order valence-electron chi connectivity index (χ1n) is 7.55. The predicted molar refractivity (Wildman–Crippen MR) is 80.0 cm³/mol. The van der Waals surface area contributed by atoms with Crippen LogP contribution in [-0.2, 0) is 4.79 Å². The Kier molecular flexibility index (Phi) is 4.31. The van der Waals surface area contributed by atoms with Gasteiger partial charge in [0.1, 0.15) is 6.04 Å². The van der Waals surface area contributed by atoms with Gasteiger partial charge in [-0.05, 0) is 24.5 Å². The lowest BCUT2D eigenvalue weighted by molar-refractivity contribution is -0.122. The number of rotatable bonds is 4. The van der Waals surface area contributed by atoms with Crippen molar-refractivity contribution in [1.82, 2.24) is 16.0 Å². The predicted octanol–water partition coefficient (Wildman–Crippen LogP) is 0.589. The minimum absolute atomic E-state index is 0.213. The number of carbonyl (C=O) groups is 2. The van der Waals surface area contributed by atoms with E-state index in [0.29, 0.717) is 18.8 Å². The highest BCUT2D eigenvalue weighted by atomic mass is 19.2. The van der Waals surface area contributed by atoms with Gasteiger partial charge in [-0.3, -0.25) is 4.79 Å². The Morgan fingerprint density at radius 2 is 2.17 bits per heavy atom. The van der Waals surface area contributed by atoms with Crippen molar-refractivity contribution < 1.29 is 18.4 Å². The summed E-state index contributed by atoms with van der Waals surface area (Å²) in [6.45, 7) is 2.18. The quantitative estimate of drug-likeness (QED) is 0.759. The fourth-order valence-electron chi connectivity index (χ4n) is 2.90. The molecule has 0 aliphatic carbocycles. The third kappa shape index (κ3) is 3.52. The molecule has 2 fully saturated rings. The van der Waals surface area contributed by atoms with Crippen molar-refractivity contribution in [2.45, 2.75) is 12.5 Å². The van der Waals surface area contributed by atoms with Crippen molar-refractivity contribution in [2.24, 2.45) is 5.92 Å². The van der Waals surface area contributed by atoms with Gasteiger partial charge in [0.05, 0.1) is 0 Å². The monoisotopic (exact) mass is 324 g/mol. The number of anilines is 1. The molecule has 1 aromatic rings. The number of carbonyl (C=O) groups excluding carboxylic acids is 2. The SMILES string of the molecule is O=C1NC[C@H](C(=O)NC[C@H]2CCN(c3ccc(F)c(F)c3)C2)N1. The molecule has 2 heterocycles. The topological polar surface area (TPSA) is 73.5 Å². The maximum atomic E-state index is 13.3. The minimum Gasteiger partial charge on any atom is -0.371 e. The Morgan fingerprint density at radius 1 is 1.35 bits per heavy atom. The van der Waals surface area contributed by atoms with Gasteiger partial charge < -0.3 is 20.9 Å². The van der Waals surface area contributed by atoms with Gasteiger partial charge in [0, 0.05) is 37.9 Å². The van der Waals surface area contributed by atoms with E-state index in [1.165, 1.54) is 6.07 Å². The molecule has 1 aromatic carbocycles. The number of hydrogen-bond donors (Lipinski definition) is 3. The van der Waals surface area contributed by atoms with E-state index in [0.717, 1.165) is 19.0 Å². The highest BCUT2D eigenvalue weighted by molar-refractivity contribution is 5.90. The highest BCUT2D eigenvalue weighted by Crippen LogP contribution is 2.24. The second-order valence-corrected chi connectivity index (χ2v) is 5.85. The first-order chi connectivity index (χ1) is 11.0. The zero-order valence-electron chi connectivity index (χ0n) is 12.4. The van der Waals surface area contributed by atoms with Gasteiger partial charge in [-0.2, -0.15) is 0 Å². The average molecular weight is 324 g/mol. The van der Waals surface area contributed by atoms with E-state index in [9.17, 15) is 18.4 Å². The van der Waals surface area contributed by atoms with E-state index < -0.39 is 17.7 Å². The molecule has 0 saturated carbocycles. The average Bonchev–Trinajstić information content (AvgIpc) is 3.17. The molecular weight excluding hydrogens is 306 g/mol. The summed E-state index contributed by atoms with van der Waals surface area (Å²) in [7, 11) is 0. The first kappa shape index (κ1) is 15.5. The number of nitrogens with one attached hydrogen (secondary N) is 3. The van der Waals surface area contributed by atoms with Crippen LogP contribution in [-0.4, -0.2) is 44.2 Å². The van der Waals surface area contributed by atoms with Crippen LogP contribution in [0, 0.1) is 17.6 Å². The molecule has 23 heavy (non-hydrogen) atoms. The summed E-state index contributed by atoms with van der Waals surface area (Å²) >= 11 is 0. The van der Waals surface area contributed by atoms with Gasteiger partial charge in [0.15, 0.2) is 11.6 Å². The Morgan fingerprint density at radius 3 is 2.87 bits per heavy atom. The fraction of sp³-hybridized carbons (Fsp3) is 0.467. The zero-order chi connectivity index (χ0) is 16.4. The van der Waals surface area contributed by atoms with E-state index in [2.05, 4.69) is 16.0 Å². The Hall–Kier alpha value is -2.38. The number of hydrogen-bond acceptors (Lipinski definition) is 3. The number of halogens is 2.